The van der Waals surface area contributed by atoms with Crippen LogP contribution in [0.4, 0.5) is 0 Å². The predicted molar refractivity (Wildman–Crippen MR) is 116 cm³/mol. The second kappa shape index (κ2) is 7.95. The van der Waals surface area contributed by atoms with Crippen molar-refractivity contribution in [3.63, 3.8) is 0 Å². The Balaban J connectivity index is 2.11. The van der Waals surface area contributed by atoms with Crippen LogP contribution in [0.1, 0.15) is 22.3 Å². The Bertz CT molecular complexity index is 1130. The minimum absolute atomic E-state index is 0.00783. The third kappa shape index (κ3) is 3.99. The minimum Gasteiger partial charge on any atom is -0.508 e. The zero-order valence-corrected chi connectivity index (χ0v) is 15.7. The third-order valence-corrected chi connectivity index (χ3v) is 4.72. The van der Waals surface area contributed by atoms with E-state index in [0.717, 1.165) is 27.8 Å². The molecular weight excluding hydrogens is 360 g/mol. The van der Waals surface area contributed by atoms with Crippen LogP contribution in [-0.2, 0) is 0 Å². The molecule has 0 amide bonds. The summed E-state index contributed by atoms with van der Waals surface area (Å²) < 4.78 is 0. The van der Waals surface area contributed by atoms with Crippen LogP contribution in [0.15, 0.2) is 103 Å². The van der Waals surface area contributed by atoms with Crippen molar-refractivity contribution >= 4 is 11.1 Å². The summed E-state index contributed by atoms with van der Waals surface area (Å²) in [5.41, 5.74) is 5.34. The Kier molecular flexibility index (Phi) is 5.04. The van der Waals surface area contributed by atoms with Gasteiger partial charge in [0.2, 0.25) is 0 Å². The molecule has 0 aliphatic carbocycles. The highest BCUT2D eigenvalue weighted by Crippen LogP contribution is 2.39. The van der Waals surface area contributed by atoms with Crippen LogP contribution in [0.2, 0.25) is 0 Å². The summed E-state index contributed by atoms with van der Waals surface area (Å²) in [6.45, 7) is 0. The van der Waals surface area contributed by atoms with Gasteiger partial charge < -0.3 is 15.3 Å². The van der Waals surface area contributed by atoms with Gasteiger partial charge in [-0.1, -0.05) is 72.8 Å². The van der Waals surface area contributed by atoms with Crippen molar-refractivity contribution in [1.29, 1.82) is 0 Å². The molecule has 0 aliphatic heterocycles. The lowest BCUT2D eigenvalue weighted by atomic mass is 9.85. The zero-order chi connectivity index (χ0) is 20.2. The minimum atomic E-state index is -0.00783. The van der Waals surface area contributed by atoms with E-state index in [0.29, 0.717) is 5.56 Å². The van der Waals surface area contributed by atoms with Gasteiger partial charge in [-0.3, -0.25) is 0 Å². The van der Waals surface area contributed by atoms with E-state index in [2.05, 4.69) is 0 Å². The summed E-state index contributed by atoms with van der Waals surface area (Å²) in [6.07, 6.45) is 0. The number of hydrogen-bond acceptors (Lipinski definition) is 3. The molecular formula is C26H20O3. The maximum atomic E-state index is 10.1. The monoisotopic (exact) mass is 380 g/mol. The number of aromatic hydroxyl groups is 3. The summed E-state index contributed by atoms with van der Waals surface area (Å²) >= 11 is 0. The van der Waals surface area contributed by atoms with E-state index in [1.165, 1.54) is 6.07 Å². The van der Waals surface area contributed by atoms with Crippen molar-refractivity contribution in [2.75, 3.05) is 0 Å². The maximum absolute atomic E-state index is 10.1. The molecule has 0 atom stereocenters. The van der Waals surface area contributed by atoms with Crippen LogP contribution in [0.25, 0.3) is 11.1 Å². The fraction of sp³-hybridized carbons (Fsp3) is 0. The van der Waals surface area contributed by atoms with Crippen molar-refractivity contribution in [3.8, 4) is 17.2 Å². The van der Waals surface area contributed by atoms with Crippen LogP contribution >= 0.6 is 0 Å². The highest BCUT2D eigenvalue weighted by Gasteiger charge is 2.17. The van der Waals surface area contributed by atoms with Crippen LogP contribution in [0.5, 0.6) is 17.2 Å². The predicted octanol–water partition coefficient (Wildman–Crippen LogP) is 5.81. The molecule has 0 saturated carbocycles. The van der Waals surface area contributed by atoms with E-state index in [9.17, 15) is 15.3 Å². The number of phenols is 3. The molecule has 4 aromatic carbocycles. The standard InChI is InChI=1S/C26H20O3/c27-22-13-11-20(12-14-22)25(18-7-3-1-4-8-18)26(19-9-5-2-6-10-19)21-15-23(28)17-24(29)16-21/h1-17,27-29H. The lowest BCUT2D eigenvalue weighted by Gasteiger charge is -2.18. The van der Waals surface area contributed by atoms with E-state index < -0.39 is 0 Å². The molecule has 0 fully saturated rings. The smallest absolute Gasteiger partial charge is 0.119 e. The maximum Gasteiger partial charge on any atom is 0.119 e. The summed E-state index contributed by atoms with van der Waals surface area (Å²) in [5, 5.41) is 30.0. The first-order chi connectivity index (χ1) is 14.1. The van der Waals surface area contributed by atoms with E-state index in [1.54, 1.807) is 24.3 Å². The van der Waals surface area contributed by atoms with Crippen molar-refractivity contribution in [1.82, 2.24) is 0 Å². The van der Waals surface area contributed by atoms with Crippen LogP contribution in [-0.4, -0.2) is 15.3 Å². The average molecular weight is 380 g/mol. The molecule has 142 valence electrons. The lowest BCUT2D eigenvalue weighted by Crippen LogP contribution is -1.97. The number of phenolic OH excluding ortho intramolecular Hbond substituents is 3. The first-order valence-electron chi connectivity index (χ1n) is 9.30. The highest BCUT2D eigenvalue weighted by molar-refractivity contribution is 6.04. The van der Waals surface area contributed by atoms with Gasteiger partial charge in [-0.15, -0.1) is 0 Å². The average Bonchev–Trinajstić information content (AvgIpc) is 2.73. The van der Waals surface area contributed by atoms with Gasteiger partial charge in [0.15, 0.2) is 0 Å². The van der Waals surface area contributed by atoms with E-state index in [-0.39, 0.29) is 17.2 Å². The Morgan fingerprint density at radius 3 is 1.28 bits per heavy atom. The van der Waals surface area contributed by atoms with E-state index in [1.807, 2.05) is 72.8 Å². The highest BCUT2D eigenvalue weighted by atomic mass is 16.3. The molecule has 0 heterocycles. The molecule has 0 saturated heterocycles. The first kappa shape index (κ1) is 18.4. The van der Waals surface area contributed by atoms with E-state index >= 15 is 0 Å². The van der Waals surface area contributed by atoms with Crippen molar-refractivity contribution < 1.29 is 15.3 Å². The fourth-order valence-electron chi connectivity index (χ4n) is 3.49. The summed E-state index contributed by atoms with van der Waals surface area (Å²) in [6, 6.07) is 31.4. The normalized spacial score (nSPS) is 11.7. The van der Waals surface area contributed by atoms with Crippen LogP contribution in [0.3, 0.4) is 0 Å². The summed E-state index contributed by atoms with van der Waals surface area (Å²) in [7, 11) is 0. The number of benzene rings is 4. The van der Waals surface area contributed by atoms with Gasteiger partial charge in [0.1, 0.15) is 17.2 Å². The fourth-order valence-corrected chi connectivity index (χ4v) is 3.49. The summed E-state index contributed by atoms with van der Waals surface area (Å²) in [5.74, 6) is 0.176. The lowest BCUT2D eigenvalue weighted by molar-refractivity contribution is 0.450. The van der Waals surface area contributed by atoms with Crippen molar-refractivity contribution in [2.45, 2.75) is 0 Å². The Morgan fingerprint density at radius 2 is 0.793 bits per heavy atom. The molecule has 4 aromatic rings. The SMILES string of the molecule is Oc1ccc(C(=C(c2ccccc2)c2cc(O)cc(O)c2)c2ccccc2)cc1. The topological polar surface area (TPSA) is 60.7 Å². The molecule has 0 aromatic heterocycles. The Hall–Kier alpha value is -3.98. The van der Waals surface area contributed by atoms with Gasteiger partial charge in [-0.2, -0.15) is 0 Å². The zero-order valence-electron chi connectivity index (χ0n) is 15.7. The molecule has 0 unspecified atom stereocenters. The van der Waals surface area contributed by atoms with E-state index in [4.69, 9.17) is 0 Å². The second-order valence-corrected chi connectivity index (χ2v) is 6.77. The van der Waals surface area contributed by atoms with Gasteiger partial charge in [0.25, 0.3) is 0 Å². The van der Waals surface area contributed by atoms with Crippen molar-refractivity contribution in [2.24, 2.45) is 0 Å². The molecule has 3 N–H and O–H groups in total. The molecule has 0 radical (unpaired) electrons. The second-order valence-electron chi connectivity index (χ2n) is 6.77. The van der Waals surface area contributed by atoms with Gasteiger partial charge >= 0.3 is 0 Å². The largest absolute Gasteiger partial charge is 0.508 e. The number of hydrogen-bond donors (Lipinski definition) is 3. The van der Waals surface area contributed by atoms with Crippen LogP contribution in [0, 0.1) is 0 Å². The van der Waals surface area contributed by atoms with Crippen molar-refractivity contribution in [3.05, 3.63) is 125 Å². The first-order valence-corrected chi connectivity index (χ1v) is 9.30. The summed E-state index contributed by atoms with van der Waals surface area (Å²) in [4.78, 5) is 0. The molecule has 0 aliphatic rings. The molecule has 0 spiro atoms. The van der Waals surface area contributed by atoms with Gasteiger partial charge in [0, 0.05) is 6.07 Å². The molecule has 0 bridgehead atoms. The Labute approximate surface area is 169 Å². The molecule has 3 nitrogen and oxygen atoms in total. The molecule has 3 heteroatoms. The van der Waals surface area contributed by atoms with Gasteiger partial charge in [-0.05, 0) is 57.7 Å². The number of rotatable bonds is 4. The third-order valence-electron chi connectivity index (χ3n) is 4.72. The van der Waals surface area contributed by atoms with Gasteiger partial charge in [-0.25, -0.2) is 0 Å². The molecule has 4 rings (SSSR count). The Morgan fingerprint density at radius 1 is 0.379 bits per heavy atom. The van der Waals surface area contributed by atoms with Gasteiger partial charge in [0.05, 0.1) is 0 Å². The quantitative estimate of drug-likeness (QED) is 0.392. The van der Waals surface area contributed by atoms with Crippen LogP contribution < -0.4 is 0 Å². The molecule has 29 heavy (non-hydrogen) atoms.